The van der Waals surface area contributed by atoms with Gasteiger partial charge in [-0.2, -0.15) is 4.99 Å². The van der Waals surface area contributed by atoms with Gasteiger partial charge in [-0.05, 0) is 48.9 Å². The third-order valence-electron chi connectivity index (χ3n) is 3.61. The summed E-state index contributed by atoms with van der Waals surface area (Å²) in [5, 5.41) is 0. The van der Waals surface area contributed by atoms with Crippen LogP contribution in [-0.2, 0) is 7.05 Å². The number of amides is 1. The molecule has 3 rings (SSSR count). The van der Waals surface area contributed by atoms with Crippen LogP contribution in [0.1, 0.15) is 15.2 Å². The van der Waals surface area contributed by atoms with Gasteiger partial charge >= 0.3 is 0 Å². The third kappa shape index (κ3) is 3.61. The Labute approximate surface area is 161 Å². The molecular formula is C18H14Br2N2OS. The molecule has 0 aliphatic rings. The van der Waals surface area contributed by atoms with Crippen LogP contribution in [0.4, 0.5) is 0 Å². The Morgan fingerprint density at radius 2 is 1.54 bits per heavy atom. The van der Waals surface area contributed by atoms with Gasteiger partial charge in [-0.25, -0.2) is 0 Å². The van der Waals surface area contributed by atoms with Crippen molar-refractivity contribution in [1.29, 1.82) is 0 Å². The van der Waals surface area contributed by atoms with Crippen LogP contribution in [0.15, 0.2) is 62.5 Å². The molecule has 6 heteroatoms. The molecule has 0 spiro atoms. The van der Waals surface area contributed by atoms with Gasteiger partial charge in [0.15, 0.2) is 4.80 Å². The van der Waals surface area contributed by atoms with Crippen molar-refractivity contribution in [2.24, 2.45) is 12.0 Å². The van der Waals surface area contributed by atoms with E-state index in [1.54, 1.807) is 12.1 Å². The molecule has 1 aromatic heterocycles. The Morgan fingerprint density at radius 3 is 2.12 bits per heavy atom. The average Bonchev–Trinajstić information content (AvgIpc) is 2.83. The van der Waals surface area contributed by atoms with E-state index in [0.717, 1.165) is 25.1 Å². The van der Waals surface area contributed by atoms with Crippen LogP contribution in [0, 0.1) is 6.92 Å². The molecule has 0 aliphatic carbocycles. The molecule has 3 nitrogen and oxygen atoms in total. The van der Waals surface area contributed by atoms with Crippen molar-refractivity contribution in [2.75, 3.05) is 0 Å². The summed E-state index contributed by atoms with van der Waals surface area (Å²) in [5.41, 5.74) is 2.76. The molecule has 1 heterocycles. The molecule has 0 aliphatic heterocycles. The van der Waals surface area contributed by atoms with E-state index in [0.29, 0.717) is 10.4 Å². The van der Waals surface area contributed by atoms with Gasteiger partial charge in [0.2, 0.25) is 0 Å². The second-order valence-electron chi connectivity index (χ2n) is 5.28. The van der Waals surface area contributed by atoms with E-state index < -0.39 is 0 Å². The van der Waals surface area contributed by atoms with Crippen LogP contribution in [-0.4, -0.2) is 10.5 Å². The number of carbonyl (C=O) groups excluding carboxylic acids is 1. The predicted octanol–water partition coefficient (Wildman–Crippen LogP) is 5.33. The molecule has 0 radical (unpaired) electrons. The molecule has 1 amide bonds. The zero-order valence-corrected chi connectivity index (χ0v) is 17.1. The summed E-state index contributed by atoms with van der Waals surface area (Å²) in [4.78, 5) is 18.5. The fourth-order valence-corrected chi connectivity index (χ4v) is 3.94. The molecule has 0 fully saturated rings. The summed E-state index contributed by atoms with van der Waals surface area (Å²) in [6.07, 6.45) is 0. The fraction of sp³-hybridized carbons (Fsp3) is 0.111. The number of aromatic nitrogens is 1. The molecule has 0 atom stereocenters. The molecular weight excluding hydrogens is 452 g/mol. The lowest BCUT2D eigenvalue weighted by Gasteiger charge is -2.04. The number of hydrogen-bond donors (Lipinski definition) is 0. The minimum Gasteiger partial charge on any atom is -0.319 e. The van der Waals surface area contributed by atoms with E-state index in [-0.39, 0.29) is 5.91 Å². The van der Waals surface area contributed by atoms with E-state index in [1.807, 2.05) is 42.8 Å². The van der Waals surface area contributed by atoms with Crippen molar-refractivity contribution in [3.63, 3.8) is 0 Å². The van der Waals surface area contributed by atoms with Gasteiger partial charge in [0.25, 0.3) is 5.91 Å². The third-order valence-corrected chi connectivity index (χ3v) is 5.71. The highest BCUT2D eigenvalue weighted by Gasteiger charge is 2.11. The SMILES string of the molecule is Cc1sc(=NC(=O)c2ccc(Br)cc2)n(C)c1-c1ccc(Br)cc1. The maximum atomic E-state index is 12.4. The lowest BCUT2D eigenvalue weighted by Crippen LogP contribution is -2.14. The first-order valence-electron chi connectivity index (χ1n) is 7.22. The summed E-state index contributed by atoms with van der Waals surface area (Å²) >= 11 is 8.34. The number of hydrogen-bond acceptors (Lipinski definition) is 2. The smallest absolute Gasteiger partial charge is 0.279 e. The first-order chi connectivity index (χ1) is 11.5. The fourth-order valence-electron chi connectivity index (χ4n) is 2.43. The highest BCUT2D eigenvalue weighted by molar-refractivity contribution is 9.10. The number of rotatable bonds is 2. The average molecular weight is 466 g/mol. The maximum Gasteiger partial charge on any atom is 0.279 e. The van der Waals surface area contributed by atoms with Crippen molar-refractivity contribution in [3.05, 3.63) is 72.7 Å². The predicted molar refractivity (Wildman–Crippen MR) is 105 cm³/mol. The number of carbonyl (C=O) groups is 1. The summed E-state index contributed by atoms with van der Waals surface area (Å²) in [5.74, 6) is -0.235. The van der Waals surface area contributed by atoms with E-state index in [2.05, 4.69) is 49.0 Å². The molecule has 0 bridgehead atoms. The Balaban J connectivity index is 2.03. The minimum atomic E-state index is -0.235. The lowest BCUT2D eigenvalue weighted by atomic mass is 10.1. The van der Waals surface area contributed by atoms with E-state index in [9.17, 15) is 4.79 Å². The van der Waals surface area contributed by atoms with E-state index >= 15 is 0 Å². The highest BCUT2D eigenvalue weighted by atomic mass is 79.9. The number of benzene rings is 2. The van der Waals surface area contributed by atoms with E-state index in [1.165, 1.54) is 11.3 Å². The summed E-state index contributed by atoms with van der Waals surface area (Å²) in [6.45, 7) is 2.05. The van der Waals surface area contributed by atoms with Crippen molar-refractivity contribution < 1.29 is 4.79 Å². The number of halogens is 2. The van der Waals surface area contributed by atoms with Crippen LogP contribution < -0.4 is 4.80 Å². The molecule has 0 saturated heterocycles. The van der Waals surface area contributed by atoms with Gasteiger partial charge in [-0.3, -0.25) is 4.79 Å². The standard InChI is InChI=1S/C18H14Br2N2OS/c1-11-16(12-3-7-14(19)8-4-12)22(2)18(24-11)21-17(23)13-5-9-15(20)10-6-13/h3-10H,1-2H3. The molecule has 0 unspecified atom stereocenters. The first-order valence-corrected chi connectivity index (χ1v) is 9.63. The zero-order chi connectivity index (χ0) is 17.3. The molecule has 3 aromatic rings. The molecule has 24 heavy (non-hydrogen) atoms. The second kappa shape index (κ2) is 7.17. The molecule has 0 N–H and O–H groups in total. The Bertz CT molecular complexity index is 954. The molecule has 2 aromatic carbocycles. The largest absolute Gasteiger partial charge is 0.319 e. The van der Waals surface area contributed by atoms with Crippen molar-refractivity contribution >= 4 is 49.1 Å². The van der Waals surface area contributed by atoms with Crippen LogP contribution in [0.3, 0.4) is 0 Å². The number of thiazole rings is 1. The van der Waals surface area contributed by atoms with Gasteiger partial charge in [0, 0.05) is 26.4 Å². The molecule has 122 valence electrons. The summed E-state index contributed by atoms with van der Waals surface area (Å²) < 4.78 is 3.95. The van der Waals surface area contributed by atoms with Gasteiger partial charge in [-0.1, -0.05) is 44.0 Å². The monoisotopic (exact) mass is 464 g/mol. The van der Waals surface area contributed by atoms with Gasteiger partial charge < -0.3 is 4.57 Å². The summed E-state index contributed by atoms with van der Waals surface area (Å²) in [6, 6.07) is 15.4. The number of aryl methyl sites for hydroxylation is 1. The van der Waals surface area contributed by atoms with Gasteiger partial charge in [-0.15, -0.1) is 11.3 Å². The lowest BCUT2D eigenvalue weighted by molar-refractivity contribution is 0.0998. The molecule has 0 saturated carbocycles. The Hall–Kier alpha value is -1.50. The van der Waals surface area contributed by atoms with Crippen LogP contribution >= 0.6 is 43.2 Å². The minimum absolute atomic E-state index is 0.235. The quantitative estimate of drug-likeness (QED) is 0.503. The summed E-state index contributed by atoms with van der Waals surface area (Å²) in [7, 11) is 1.94. The Kier molecular flexibility index (Phi) is 5.18. The number of nitrogens with zero attached hydrogens (tertiary/aromatic N) is 2. The van der Waals surface area contributed by atoms with Crippen molar-refractivity contribution in [3.8, 4) is 11.3 Å². The van der Waals surface area contributed by atoms with Crippen molar-refractivity contribution in [1.82, 2.24) is 4.57 Å². The van der Waals surface area contributed by atoms with Crippen LogP contribution in [0.5, 0.6) is 0 Å². The van der Waals surface area contributed by atoms with Crippen LogP contribution in [0.2, 0.25) is 0 Å². The van der Waals surface area contributed by atoms with E-state index in [4.69, 9.17) is 0 Å². The first kappa shape index (κ1) is 17.3. The normalized spacial score (nSPS) is 11.8. The van der Waals surface area contributed by atoms with Gasteiger partial charge in [0.05, 0.1) is 5.69 Å². The second-order valence-corrected chi connectivity index (χ2v) is 8.29. The highest BCUT2D eigenvalue weighted by Crippen LogP contribution is 2.26. The van der Waals surface area contributed by atoms with Crippen LogP contribution in [0.25, 0.3) is 11.3 Å². The topological polar surface area (TPSA) is 34.4 Å². The Morgan fingerprint density at radius 1 is 1.00 bits per heavy atom. The van der Waals surface area contributed by atoms with Gasteiger partial charge in [0.1, 0.15) is 0 Å². The maximum absolute atomic E-state index is 12.4. The van der Waals surface area contributed by atoms with Crippen molar-refractivity contribution in [2.45, 2.75) is 6.92 Å². The zero-order valence-electron chi connectivity index (χ0n) is 13.1.